The largest absolute Gasteiger partial charge is 0.408 e. The van der Waals surface area contributed by atoms with Gasteiger partial charge in [-0.3, -0.25) is 0 Å². The van der Waals surface area contributed by atoms with Gasteiger partial charge in [-0.05, 0) is 41.7 Å². The topological polar surface area (TPSA) is 80.9 Å². The fourth-order valence-corrected chi connectivity index (χ4v) is 4.80. The number of nitrogens with one attached hydrogen (secondary N) is 1. The summed E-state index contributed by atoms with van der Waals surface area (Å²) in [6, 6.07) is 8.48. The van der Waals surface area contributed by atoms with E-state index in [9.17, 15) is 21.8 Å². The first-order valence-corrected chi connectivity index (χ1v) is 11.5. The third-order valence-electron chi connectivity index (χ3n) is 5.26. The molecule has 1 heterocycles. The van der Waals surface area contributed by atoms with Crippen molar-refractivity contribution < 1.29 is 21.8 Å². The van der Waals surface area contributed by atoms with E-state index in [0.717, 1.165) is 0 Å². The van der Waals surface area contributed by atoms with E-state index < -0.39 is 29.0 Å². The Labute approximate surface area is 196 Å². The maximum Gasteiger partial charge on any atom is 0.408 e. The van der Waals surface area contributed by atoms with E-state index >= 15 is 0 Å². The van der Waals surface area contributed by atoms with Gasteiger partial charge in [-0.25, -0.2) is 23.3 Å². The number of allylic oxidation sites excluding steroid dienone is 2. The molecule has 0 amide bonds. The molecular weight excluding hydrogens is 468 g/mol. The number of nitrogens with two attached hydrogens (primary N) is 1. The van der Waals surface area contributed by atoms with Crippen LogP contribution < -0.4 is 10.5 Å². The molecule has 2 atom stereocenters. The van der Waals surface area contributed by atoms with Crippen LogP contribution in [0.15, 0.2) is 83.6 Å². The molecule has 4 rings (SSSR count). The fourth-order valence-electron chi connectivity index (χ4n) is 3.60. The van der Waals surface area contributed by atoms with Gasteiger partial charge in [-0.15, -0.1) is 0 Å². The summed E-state index contributed by atoms with van der Waals surface area (Å²) >= 11 is 0. The molecule has 1 aliphatic rings. The molecule has 1 unspecified atom stereocenters. The highest BCUT2D eigenvalue weighted by Crippen LogP contribution is 2.33. The van der Waals surface area contributed by atoms with E-state index in [4.69, 9.17) is 5.73 Å². The van der Waals surface area contributed by atoms with Crippen molar-refractivity contribution in [1.29, 1.82) is 0 Å². The van der Waals surface area contributed by atoms with Crippen LogP contribution in [0, 0.1) is 5.82 Å². The number of nitrogen functional groups attached to an aromatic ring is 1. The number of nitrogens with zero attached hydrogens (tertiary/aromatic N) is 2. The number of hydrogen-bond acceptors (Lipinski definition) is 4. The molecule has 34 heavy (non-hydrogen) atoms. The molecule has 176 valence electrons. The first kappa shape index (κ1) is 23.8. The molecule has 0 fully saturated rings. The SMILES string of the molecule is Nc1ncc(-c2ccc(-c3ccccc3S(=O)N[C@@H](C3=CCCC=C3)C(F)(F)F)cc2F)cn1. The minimum atomic E-state index is -4.65. The lowest BCUT2D eigenvalue weighted by Crippen LogP contribution is -2.44. The number of alkyl halides is 3. The third-order valence-corrected chi connectivity index (χ3v) is 6.46. The van der Waals surface area contributed by atoms with Crippen LogP contribution in [0.1, 0.15) is 12.8 Å². The second kappa shape index (κ2) is 9.86. The lowest BCUT2D eigenvalue weighted by Gasteiger charge is -2.24. The smallest absolute Gasteiger partial charge is 0.368 e. The van der Waals surface area contributed by atoms with E-state index in [2.05, 4.69) is 14.7 Å². The van der Waals surface area contributed by atoms with Gasteiger partial charge in [-0.2, -0.15) is 13.2 Å². The summed E-state index contributed by atoms with van der Waals surface area (Å²) in [5.74, 6) is -0.536. The standard InChI is InChI=1S/C24H20F4N4OS/c25-20-12-16(10-11-18(20)17-13-30-23(29)31-14-17)19-8-4-5-9-21(19)34(33)32-22(24(26,27)28)15-6-2-1-3-7-15/h2,4-14,22,32H,1,3H2,(H2,29,30,31)/t22-,34?/m0/s1. The summed E-state index contributed by atoms with van der Waals surface area (Å²) in [5, 5.41) is 0. The Morgan fingerprint density at radius 2 is 1.74 bits per heavy atom. The predicted octanol–water partition coefficient (Wildman–Crippen LogP) is 5.35. The van der Waals surface area contributed by atoms with Crippen LogP contribution in [-0.2, 0) is 11.0 Å². The molecule has 10 heteroatoms. The summed E-state index contributed by atoms with van der Waals surface area (Å²) in [4.78, 5) is 7.81. The molecule has 0 spiro atoms. The van der Waals surface area contributed by atoms with Crippen LogP contribution >= 0.6 is 0 Å². The molecule has 1 aromatic heterocycles. The Kier molecular flexibility index (Phi) is 6.90. The first-order valence-electron chi connectivity index (χ1n) is 10.3. The average Bonchev–Trinajstić information content (AvgIpc) is 2.83. The highest BCUT2D eigenvalue weighted by Gasteiger charge is 2.42. The van der Waals surface area contributed by atoms with E-state index in [-0.39, 0.29) is 22.0 Å². The van der Waals surface area contributed by atoms with Crippen molar-refractivity contribution in [1.82, 2.24) is 14.7 Å². The van der Waals surface area contributed by atoms with Crippen molar-refractivity contribution in [3.8, 4) is 22.3 Å². The van der Waals surface area contributed by atoms with Gasteiger partial charge in [0.05, 0.1) is 4.90 Å². The van der Waals surface area contributed by atoms with Gasteiger partial charge < -0.3 is 5.73 Å². The van der Waals surface area contributed by atoms with Crippen LogP contribution in [0.2, 0.25) is 0 Å². The molecule has 0 saturated carbocycles. The summed E-state index contributed by atoms with van der Waals surface area (Å²) in [6.45, 7) is 0. The summed E-state index contributed by atoms with van der Waals surface area (Å²) in [7, 11) is -2.23. The van der Waals surface area contributed by atoms with Gasteiger partial charge in [0.2, 0.25) is 5.95 Å². The molecule has 0 radical (unpaired) electrons. The number of halogens is 4. The zero-order valence-electron chi connectivity index (χ0n) is 17.7. The van der Waals surface area contributed by atoms with Crippen LogP contribution in [0.25, 0.3) is 22.3 Å². The van der Waals surface area contributed by atoms with Crippen molar-refractivity contribution in [3.05, 3.63) is 84.5 Å². The highest BCUT2D eigenvalue weighted by atomic mass is 32.2. The highest BCUT2D eigenvalue weighted by molar-refractivity contribution is 7.83. The Morgan fingerprint density at radius 3 is 2.38 bits per heavy atom. The number of aromatic nitrogens is 2. The van der Waals surface area contributed by atoms with Crippen molar-refractivity contribution in [2.24, 2.45) is 0 Å². The van der Waals surface area contributed by atoms with Gasteiger partial charge >= 0.3 is 6.18 Å². The maximum absolute atomic E-state index is 14.9. The number of anilines is 1. The first-order chi connectivity index (χ1) is 16.2. The van der Waals surface area contributed by atoms with Gasteiger partial charge in [0, 0.05) is 23.5 Å². The Bertz CT molecular complexity index is 1270. The second-order valence-electron chi connectivity index (χ2n) is 7.57. The van der Waals surface area contributed by atoms with Crippen molar-refractivity contribution in [2.45, 2.75) is 30.0 Å². The molecule has 0 saturated heterocycles. The summed E-state index contributed by atoms with van der Waals surface area (Å²) in [6.07, 6.45) is 3.81. The predicted molar refractivity (Wildman–Crippen MR) is 123 cm³/mol. The fraction of sp³-hybridized carbons (Fsp3) is 0.167. The Balaban J connectivity index is 1.66. The maximum atomic E-state index is 14.9. The number of benzene rings is 2. The van der Waals surface area contributed by atoms with E-state index in [1.807, 2.05) is 0 Å². The molecule has 2 aromatic carbocycles. The third kappa shape index (κ3) is 5.23. The van der Waals surface area contributed by atoms with E-state index in [0.29, 0.717) is 29.5 Å². The average molecular weight is 489 g/mol. The zero-order valence-corrected chi connectivity index (χ0v) is 18.5. The molecular formula is C24H20F4N4OS. The molecule has 5 nitrogen and oxygen atoms in total. The lowest BCUT2D eigenvalue weighted by molar-refractivity contribution is -0.141. The quantitative estimate of drug-likeness (QED) is 0.459. The molecule has 3 aromatic rings. The molecule has 3 N–H and O–H groups in total. The van der Waals surface area contributed by atoms with Gasteiger partial charge in [0.1, 0.15) is 22.8 Å². The minimum absolute atomic E-state index is 0.0192. The number of hydrogen-bond donors (Lipinski definition) is 2. The van der Waals surface area contributed by atoms with Gasteiger partial charge in [0.15, 0.2) is 0 Å². The van der Waals surface area contributed by atoms with Gasteiger partial charge in [0.25, 0.3) is 0 Å². The Hall–Kier alpha value is -3.37. The van der Waals surface area contributed by atoms with E-state index in [1.54, 1.807) is 30.3 Å². The number of rotatable bonds is 6. The van der Waals surface area contributed by atoms with Crippen LogP contribution in [0.5, 0.6) is 0 Å². The van der Waals surface area contributed by atoms with Crippen LogP contribution in [-0.4, -0.2) is 26.4 Å². The molecule has 0 aliphatic heterocycles. The summed E-state index contributed by atoms with van der Waals surface area (Å²) in [5.41, 5.74) is 6.85. The van der Waals surface area contributed by atoms with Crippen molar-refractivity contribution in [3.63, 3.8) is 0 Å². The summed E-state index contributed by atoms with van der Waals surface area (Å²) < 4.78 is 71.5. The molecule has 0 bridgehead atoms. The monoisotopic (exact) mass is 488 g/mol. The lowest BCUT2D eigenvalue weighted by atomic mass is 10.0. The van der Waals surface area contributed by atoms with Crippen LogP contribution in [0.4, 0.5) is 23.5 Å². The van der Waals surface area contributed by atoms with Gasteiger partial charge in [-0.1, -0.05) is 48.6 Å². The zero-order chi connectivity index (χ0) is 24.3. The second-order valence-corrected chi connectivity index (χ2v) is 8.78. The Morgan fingerprint density at radius 1 is 1.00 bits per heavy atom. The minimum Gasteiger partial charge on any atom is -0.368 e. The van der Waals surface area contributed by atoms with Crippen LogP contribution in [0.3, 0.4) is 0 Å². The van der Waals surface area contributed by atoms with E-state index in [1.165, 1.54) is 42.7 Å². The van der Waals surface area contributed by atoms with Crippen molar-refractivity contribution in [2.75, 3.05) is 5.73 Å². The normalized spacial score (nSPS) is 15.6. The van der Waals surface area contributed by atoms with Crippen molar-refractivity contribution >= 4 is 16.9 Å². The molecule has 1 aliphatic carbocycles.